The number of hydrogen-bond acceptors (Lipinski definition) is 4. The molecule has 1 rings (SSSR count). The van der Waals surface area contributed by atoms with Crippen LogP contribution in [0.15, 0.2) is 17.3 Å². The number of sulfonamides is 1. The standard InChI is InChI=1S/C10H19N3O3S/c1-8(4-9(2)14)5-12-17(15,16)10-6-11-13(3)7-10/h6-9,12,14H,4-5H2,1-3H3. The quantitative estimate of drug-likeness (QED) is 0.761. The molecular formula is C10H19N3O3S. The van der Waals surface area contributed by atoms with Gasteiger partial charge in [-0.05, 0) is 19.3 Å². The van der Waals surface area contributed by atoms with E-state index < -0.39 is 16.1 Å². The van der Waals surface area contributed by atoms with Gasteiger partial charge in [0.2, 0.25) is 10.0 Å². The summed E-state index contributed by atoms with van der Waals surface area (Å²) in [5.74, 6) is 0.0847. The molecule has 0 spiro atoms. The zero-order valence-electron chi connectivity index (χ0n) is 10.3. The number of aliphatic hydroxyl groups is 1. The van der Waals surface area contributed by atoms with Crippen LogP contribution in [0, 0.1) is 5.92 Å². The van der Waals surface area contributed by atoms with E-state index >= 15 is 0 Å². The molecule has 2 N–H and O–H groups in total. The minimum absolute atomic E-state index is 0.0847. The van der Waals surface area contributed by atoms with Crippen LogP contribution in [0.1, 0.15) is 20.3 Å². The highest BCUT2D eigenvalue weighted by molar-refractivity contribution is 7.89. The van der Waals surface area contributed by atoms with Crippen LogP contribution >= 0.6 is 0 Å². The van der Waals surface area contributed by atoms with Crippen molar-refractivity contribution in [1.82, 2.24) is 14.5 Å². The zero-order valence-corrected chi connectivity index (χ0v) is 11.1. The molecule has 1 aromatic heterocycles. The fraction of sp³-hybridized carbons (Fsp3) is 0.700. The van der Waals surface area contributed by atoms with Gasteiger partial charge < -0.3 is 5.11 Å². The summed E-state index contributed by atoms with van der Waals surface area (Å²) in [7, 11) is -1.82. The second-order valence-corrected chi connectivity index (χ2v) is 6.16. The molecule has 98 valence electrons. The summed E-state index contributed by atoms with van der Waals surface area (Å²) in [4.78, 5) is 0.157. The lowest BCUT2D eigenvalue weighted by Crippen LogP contribution is -2.29. The number of hydrogen-bond donors (Lipinski definition) is 2. The lowest BCUT2D eigenvalue weighted by molar-refractivity contribution is 0.165. The molecule has 0 amide bonds. The molecule has 7 heteroatoms. The first-order valence-corrected chi connectivity index (χ1v) is 6.96. The Morgan fingerprint density at radius 2 is 2.18 bits per heavy atom. The van der Waals surface area contributed by atoms with Gasteiger partial charge in [-0.25, -0.2) is 13.1 Å². The first-order valence-electron chi connectivity index (χ1n) is 5.47. The predicted octanol–water partition coefficient (Wildman–Crippen LogP) is 0.105. The van der Waals surface area contributed by atoms with Crippen molar-refractivity contribution in [1.29, 1.82) is 0 Å². The highest BCUT2D eigenvalue weighted by Crippen LogP contribution is 2.09. The lowest BCUT2D eigenvalue weighted by Gasteiger charge is -2.13. The van der Waals surface area contributed by atoms with Gasteiger partial charge in [-0.15, -0.1) is 0 Å². The molecule has 0 aromatic carbocycles. The highest BCUT2D eigenvalue weighted by Gasteiger charge is 2.17. The summed E-state index contributed by atoms with van der Waals surface area (Å²) in [6, 6.07) is 0. The van der Waals surface area contributed by atoms with E-state index in [0.717, 1.165) is 0 Å². The van der Waals surface area contributed by atoms with Gasteiger partial charge in [-0.3, -0.25) is 4.68 Å². The SMILES string of the molecule is CC(O)CC(C)CNS(=O)(=O)c1cnn(C)c1. The van der Waals surface area contributed by atoms with Gasteiger partial charge in [0, 0.05) is 19.8 Å². The highest BCUT2D eigenvalue weighted by atomic mass is 32.2. The minimum atomic E-state index is -3.49. The molecule has 2 atom stereocenters. The van der Waals surface area contributed by atoms with Crippen molar-refractivity contribution in [3.63, 3.8) is 0 Å². The molecule has 0 bridgehead atoms. The van der Waals surface area contributed by atoms with Crippen LogP contribution < -0.4 is 4.72 Å². The van der Waals surface area contributed by atoms with E-state index in [9.17, 15) is 13.5 Å². The Balaban J connectivity index is 2.56. The van der Waals surface area contributed by atoms with Crippen molar-refractivity contribution in [2.45, 2.75) is 31.3 Å². The Hall–Kier alpha value is -0.920. The molecule has 6 nitrogen and oxygen atoms in total. The van der Waals surface area contributed by atoms with Crippen LogP contribution in [0.3, 0.4) is 0 Å². The molecule has 0 fully saturated rings. The van der Waals surface area contributed by atoms with Crippen LogP contribution in [0.5, 0.6) is 0 Å². The van der Waals surface area contributed by atoms with Crippen LogP contribution in [-0.2, 0) is 17.1 Å². The topological polar surface area (TPSA) is 84.2 Å². The fourth-order valence-corrected chi connectivity index (χ4v) is 2.69. The monoisotopic (exact) mass is 261 g/mol. The maximum absolute atomic E-state index is 11.8. The Morgan fingerprint density at radius 1 is 1.53 bits per heavy atom. The van der Waals surface area contributed by atoms with Crippen LogP contribution in [0.4, 0.5) is 0 Å². The van der Waals surface area contributed by atoms with E-state index in [1.54, 1.807) is 14.0 Å². The summed E-state index contributed by atoms with van der Waals surface area (Å²) in [5.41, 5.74) is 0. The third-order valence-electron chi connectivity index (χ3n) is 2.36. The van der Waals surface area contributed by atoms with E-state index in [-0.39, 0.29) is 10.8 Å². The van der Waals surface area contributed by atoms with Gasteiger partial charge in [-0.2, -0.15) is 5.10 Å². The van der Waals surface area contributed by atoms with Crippen LogP contribution in [-0.4, -0.2) is 36.0 Å². The Bertz CT molecular complexity index is 453. The third-order valence-corrected chi connectivity index (χ3v) is 3.73. The number of aryl methyl sites for hydroxylation is 1. The lowest BCUT2D eigenvalue weighted by atomic mass is 10.1. The van der Waals surface area contributed by atoms with E-state index in [1.807, 2.05) is 6.92 Å². The van der Waals surface area contributed by atoms with E-state index in [2.05, 4.69) is 9.82 Å². The summed E-state index contributed by atoms with van der Waals surface area (Å²) < 4.78 is 27.6. The number of aliphatic hydroxyl groups excluding tert-OH is 1. The first-order chi connectivity index (χ1) is 7.81. The van der Waals surface area contributed by atoms with E-state index in [1.165, 1.54) is 17.1 Å². The zero-order chi connectivity index (χ0) is 13.1. The second-order valence-electron chi connectivity index (χ2n) is 4.39. The third kappa shape index (κ3) is 4.45. The predicted molar refractivity (Wildman–Crippen MR) is 63.9 cm³/mol. The van der Waals surface area contributed by atoms with Crippen molar-refractivity contribution in [2.75, 3.05) is 6.54 Å². The molecular weight excluding hydrogens is 242 g/mol. The van der Waals surface area contributed by atoms with Crippen molar-refractivity contribution < 1.29 is 13.5 Å². The molecule has 0 saturated heterocycles. The summed E-state index contributed by atoms with van der Waals surface area (Å²) in [6.45, 7) is 3.88. The summed E-state index contributed by atoms with van der Waals surface area (Å²) >= 11 is 0. The minimum Gasteiger partial charge on any atom is -0.393 e. The smallest absolute Gasteiger partial charge is 0.243 e. The van der Waals surface area contributed by atoms with Crippen LogP contribution in [0.2, 0.25) is 0 Å². The first kappa shape index (κ1) is 14.1. The molecule has 0 aliphatic rings. The number of nitrogens with zero attached hydrogens (tertiary/aromatic N) is 2. The average molecular weight is 261 g/mol. The maximum Gasteiger partial charge on any atom is 0.243 e. The molecule has 0 radical (unpaired) electrons. The van der Waals surface area contributed by atoms with Gasteiger partial charge in [0.25, 0.3) is 0 Å². The molecule has 0 saturated carbocycles. The molecule has 1 aromatic rings. The van der Waals surface area contributed by atoms with Gasteiger partial charge in [0.05, 0.1) is 12.3 Å². The normalized spacial score (nSPS) is 15.8. The molecule has 17 heavy (non-hydrogen) atoms. The van der Waals surface area contributed by atoms with Gasteiger partial charge in [0.15, 0.2) is 0 Å². The second kappa shape index (κ2) is 5.61. The van der Waals surface area contributed by atoms with Crippen LogP contribution in [0.25, 0.3) is 0 Å². The largest absolute Gasteiger partial charge is 0.393 e. The fourth-order valence-electron chi connectivity index (χ4n) is 1.54. The van der Waals surface area contributed by atoms with E-state index in [4.69, 9.17) is 0 Å². The number of nitrogens with one attached hydrogen (secondary N) is 1. The van der Waals surface area contributed by atoms with Crippen molar-refractivity contribution >= 4 is 10.0 Å². The average Bonchev–Trinajstić information content (AvgIpc) is 2.62. The summed E-state index contributed by atoms with van der Waals surface area (Å²) in [5, 5.41) is 13.0. The van der Waals surface area contributed by atoms with Gasteiger partial charge in [-0.1, -0.05) is 6.92 Å². The Labute approximate surface area is 102 Å². The van der Waals surface area contributed by atoms with Crippen molar-refractivity contribution in [2.24, 2.45) is 13.0 Å². The Morgan fingerprint density at radius 3 is 2.65 bits per heavy atom. The van der Waals surface area contributed by atoms with E-state index in [0.29, 0.717) is 13.0 Å². The van der Waals surface area contributed by atoms with Crippen molar-refractivity contribution in [3.8, 4) is 0 Å². The molecule has 0 aliphatic heterocycles. The number of rotatable bonds is 6. The number of aromatic nitrogens is 2. The van der Waals surface area contributed by atoms with Crippen molar-refractivity contribution in [3.05, 3.63) is 12.4 Å². The van der Waals surface area contributed by atoms with Gasteiger partial charge in [0.1, 0.15) is 4.90 Å². The molecule has 1 heterocycles. The van der Waals surface area contributed by atoms with Gasteiger partial charge >= 0.3 is 0 Å². The summed E-state index contributed by atoms with van der Waals surface area (Å²) in [6.07, 6.45) is 2.90. The maximum atomic E-state index is 11.8. The molecule has 2 unspecified atom stereocenters. The Kier molecular flexibility index (Phi) is 4.67. The molecule has 0 aliphatic carbocycles.